The van der Waals surface area contributed by atoms with Crippen LogP contribution in [0.3, 0.4) is 0 Å². The standard InChI is InChI=1S/C9H12ClN3O5/c1-16-2-3-17-4-5-18-8-7(13(14)15)6-11-9(10)12-8/h6H,2-5H2,1H3. The van der Waals surface area contributed by atoms with Gasteiger partial charge in [0.15, 0.2) is 0 Å². The second kappa shape index (κ2) is 7.75. The Morgan fingerprint density at radius 2 is 2.11 bits per heavy atom. The summed E-state index contributed by atoms with van der Waals surface area (Å²) in [4.78, 5) is 17.2. The summed E-state index contributed by atoms with van der Waals surface area (Å²) in [7, 11) is 1.56. The van der Waals surface area contributed by atoms with Crippen LogP contribution in [0.1, 0.15) is 0 Å². The van der Waals surface area contributed by atoms with Gasteiger partial charge in [-0.2, -0.15) is 4.98 Å². The van der Waals surface area contributed by atoms with Gasteiger partial charge in [-0.05, 0) is 11.6 Å². The Bertz CT molecular complexity index is 404. The van der Waals surface area contributed by atoms with Gasteiger partial charge in [-0.15, -0.1) is 0 Å². The molecule has 0 unspecified atom stereocenters. The average Bonchev–Trinajstić information content (AvgIpc) is 2.33. The molecule has 0 saturated carbocycles. The Labute approximate surface area is 108 Å². The van der Waals surface area contributed by atoms with Crippen molar-refractivity contribution >= 4 is 17.3 Å². The minimum atomic E-state index is -0.641. The fourth-order valence-electron chi connectivity index (χ4n) is 1.01. The van der Waals surface area contributed by atoms with Gasteiger partial charge in [-0.25, -0.2) is 4.98 Å². The van der Waals surface area contributed by atoms with Crippen LogP contribution in [0.2, 0.25) is 5.28 Å². The molecule has 0 aliphatic carbocycles. The first kappa shape index (κ1) is 14.6. The predicted octanol–water partition coefficient (Wildman–Crippen LogP) is 1.08. The van der Waals surface area contributed by atoms with Crippen molar-refractivity contribution in [3.63, 3.8) is 0 Å². The molecule has 0 spiro atoms. The second-order valence-corrected chi connectivity index (χ2v) is 3.38. The minimum absolute atomic E-state index is 0.115. The quantitative estimate of drug-likeness (QED) is 0.303. The lowest BCUT2D eigenvalue weighted by atomic mass is 10.5. The summed E-state index contributed by atoms with van der Waals surface area (Å²) in [5, 5.41) is 10.5. The second-order valence-electron chi connectivity index (χ2n) is 3.04. The van der Waals surface area contributed by atoms with Crippen molar-refractivity contribution in [1.29, 1.82) is 0 Å². The highest BCUT2D eigenvalue weighted by Crippen LogP contribution is 2.24. The number of nitro groups is 1. The lowest BCUT2D eigenvalue weighted by Crippen LogP contribution is -2.11. The summed E-state index contributed by atoms with van der Waals surface area (Å²) in [6.45, 7) is 1.28. The monoisotopic (exact) mass is 277 g/mol. The first-order valence-corrected chi connectivity index (χ1v) is 5.39. The number of halogens is 1. The average molecular weight is 278 g/mol. The zero-order chi connectivity index (χ0) is 13.4. The molecule has 18 heavy (non-hydrogen) atoms. The highest BCUT2D eigenvalue weighted by molar-refractivity contribution is 6.28. The molecule has 0 aromatic carbocycles. The third-order valence-corrected chi connectivity index (χ3v) is 1.98. The summed E-state index contributed by atoms with van der Waals surface area (Å²) < 4.78 is 15.0. The molecule has 0 fully saturated rings. The van der Waals surface area contributed by atoms with Crippen molar-refractivity contribution in [2.75, 3.05) is 33.5 Å². The Balaban J connectivity index is 2.45. The van der Waals surface area contributed by atoms with Gasteiger partial charge in [0.2, 0.25) is 5.28 Å². The van der Waals surface area contributed by atoms with Crippen molar-refractivity contribution in [3.05, 3.63) is 21.6 Å². The smallest absolute Gasteiger partial charge is 0.349 e. The molecule has 1 rings (SSSR count). The van der Waals surface area contributed by atoms with Gasteiger partial charge in [0.25, 0.3) is 5.88 Å². The van der Waals surface area contributed by atoms with Crippen molar-refractivity contribution < 1.29 is 19.1 Å². The number of rotatable bonds is 8. The van der Waals surface area contributed by atoms with Crippen LogP contribution < -0.4 is 4.74 Å². The fraction of sp³-hybridized carbons (Fsp3) is 0.556. The molecule has 0 bridgehead atoms. The van der Waals surface area contributed by atoms with Crippen LogP contribution in [0.4, 0.5) is 5.69 Å². The van der Waals surface area contributed by atoms with E-state index in [1.807, 2.05) is 0 Å². The summed E-state index contributed by atoms with van der Waals surface area (Å²) in [5.74, 6) is -0.171. The maximum Gasteiger partial charge on any atom is 0.349 e. The summed E-state index contributed by atoms with van der Waals surface area (Å²) in [5.41, 5.74) is -0.337. The van der Waals surface area contributed by atoms with Crippen LogP contribution in [0, 0.1) is 10.1 Å². The molecule has 9 heteroatoms. The van der Waals surface area contributed by atoms with Crippen molar-refractivity contribution in [2.45, 2.75) is 0 Å². The molecular weight excluding hydrogens is 266 g/mol. The summed E-state index contributed by atoms with van der Waals surface area (Å²) >= 11 is 5.53. The summed E-state index contributed by atoms with van der Waals surface area (Å²) in [6.07, 6.45) is 0.996. The van der Waals surface area contributed by atoms with Gasteiger partial charge in [0, 0.05) is 7.11 Å². The van der Waals surface area contributed by atoms with Gasteiger partial charge in [0.05, 0.1) is 24.7 Å². The van der Waals surface area contributed by atoms with Crippen LogP contribution in [0.25, 0.3) is 0 Å². The van der Waals surface area contributed by atoms with E-state index in [1.54, 1.807) is 7.11 Å². The molecule has 100 valence electrons. The van der Waals surface area contributed by atoms with E-state index in [2.05, 4.69) is 9.97 Å². The number of hydrogen-bond acceptors (Lipinski definition) is 7. The van der Waals surface area contributed by atoms with Crippen molar-refractivity contribution in [3.8, 4) is 5.88 Å². The molecule has 0 aliphatic heterocycles. The van der Waals surface area contributed by atoms with Gasteiger partial charge >= 0.3 is 5.69 Å². The molecule has 0 aliphatic rings. The zero-order valence-electron chi connectivity index (χ0n) is 9.67. The lowest BCUT2D eigenvalue weighted by Gasteiger charge is -2.06. The van der Waals surface area contributed by atoms with E-state index in [0.29, 0.717) is 13.2 Å². The number of hydrogen-bond donors (Lipinski definition) is 0. The number of ether oxygens (including phenoxy) is 3. The first-order valence-electron chi connectivity index (χ1n) is 5.01. The highest BCUT2D eigenvalue weighted by Gasteiger charge is 2.18. The Morgan fingerprint density at radius 1 is 1.39 bits per heavy atom. The highest BCUT2D eigenvalue weighted by atomic mass is 35.5. The van der Waals surface area contributed by atoms with E-state index < -0.39 is 4.92 Å². The Kier molecular flexibility index (Phi) is 6.26. The van der Waals surface area contributed by atoms with Crippen LogP contribution in [-0.2, 0) is 9.47 Å². The van der Waals surface area contributed by atoms with Crippen LogP contribution in [0.15, 0.2) is 6.20 Å². The molecule has 0 amide bonds. The molecule has 1 aromatic heterocycles. The predicted molar refractivity (Wildman–Crippen MR) is 61.9 cm³/mol. The first-order chi connectivity index (χ1) is 8.65. The topological polar surface area (TPSA) is 96.6 Å². The van der Waals surface area contributed by atoms with Gasteiger partial charge < -0.3 is 14.2 Å². The van der Waals surface area contributed by atoms with Crippen molar-refractivity contribution in [2.24, 2.45) is 0 Å². The van der Waals surface area contributed by atoms with Gasteiger partial charge in [-0.3, -0.25) is 10.1 Å². The maximum absolute atomic E-state index is 10.7. The SMILES string of the molecule is COCCOCCOc1nc(Cl)ncc1[N+](=O)[O-]. The van der Waals surface area contributed by atoms with E-state index in [-0.39, 0.29) is 30.1 Å². The van der Waals surface area contributed by atoms with Crippen LogP contribution in [0.5, 0.6) is 5.88 Å². The largest absolute Gasteiger partial charge is 0.470 e. The van der Waals surface area contributed by atoms with E-state index in [1.165, 1.54) is 0 Å². The lowest BCUT2D eigenvalue weighted by molar-refractivity contribution is -0.386. The third kappa shape index (κ3) is 4.78. The third-order valence-electron chi connectivity index (χ3n) is 1.80. The number of nitrogens with zero attached hydrogens (tertiary/aromatic N) is 3. The molecule has 0 saturated heterocycles. The van der Waals surface area contributed by atoms with Crippen molar-refractivity contribution in [1.82, 2.24) is 9.97 Å². The molecule has 8 nitrogen and oxygen atoms in total. The minimum Gasteiger partial charge on any atom is -0.470 e. The van der Waals surface area contributed by atoms with Crippen LogP contribution >= 0.6 is 11.6 Å². The van der Waals surface area contributed by atoms with Gasteiger partial charge in [-0.1, -0.05) is 0 Å². The normalized spacial score (nSPS) is 10.3. The Hall–Kier alpha value is -1.51. The van der Waals surface area contributed by atoms with E-state index >= 15 is 0 Å². The van der Waals surface area contributed by atoms with E-state index in [0.717, 1.165) is 6.20 Å². The molecule has 1 heterocycles. The Morgan fingerprint density at radius 3 is 2.78 bits per heavy atom. The maximum atomic E-state index is 10.7. The zero-order valence-corrected chi connectivity index (χ0v) is 10.4. The van der Waals surface area contributed by atoms with Crippen LogP contribution in [-0.4, -0.2) is 48.4 Å². The number of aromatic nitrogens is 2. The van der Waals surface area contributed by atoms with Gasteiger partial charge in [0.1, 0.15) is 12.8 Å². The van der Waals surface area contributed by atoms with E-state index in [4.69, 9.17) is 25.8 Å². The molecule has 0 N–H and O–H groups in total. The summed E-state index contributed by atoms with van der Waals surface area (Å²) in [6, 6.07) is 0. The molecule has 0 atom stereocenters. The molecular formula is C9H12ClN3O5. The fourth-order valence-corrected chi connectivity index (χ4v) is 1.14. The molecule has 0 radical (unpaired) electrons. The molecule has 1 aromatic rings. The van der Waals surface area contributed by atoms with E-state index in [9.17, 15) is 10.1 Å². The number of methoxy groups -OCH3 is 1.